The van der Waals surface area contributed by atoms with Gasteiger partial charge in [0.25, 0.3) is 5.91 Å². The molecular formula is C23H23N3O3. The summed E-state index contributed by atoms with van der Waals surface area (Å²) in [5.41, 5.74) is 1.10. The summed E-state index contributed by atoms with van der Waals surface area (Å²) in [7, 11) is 0. The van der Waals surface area contributed by atoms with Crippen LogP contribution < -0.4 is 5.32 Å². The summed E-state index contributed by atoms with van der Waals surface area (Å²) in [5, 5.41) is 2.95. The molecule has 6 nitrogen and oxygen atoms in total. The molecule has 1 unspecified atom stereocenters. The molecule has 148 valence electrons. The van der Waals surface area contributed by atoms with Gasteiger partial charge < -0.3 is 9.73 Å². The number of nitrogens with one attached hydrogen (secondary N) is 1. The van der Waals surface area contributed by atoms with E-state index in [1.54, 1.807) is 0 Å². The van der Waals surface area contributed by atoms with Crippen LogP contribution in [0.1, 0.15) is 31.5 Å². The Balaban J connectivity index is 1.62. The Morgan fingerprint density at radius 1 is 1.03 bits per heavy atom. The Morgan fingerprint density at radius 3 is 2.34 bits per heavy atom. The van der Waals surface area contributed by atoms with Crippen molar-refractivity contribution in [3.05, 3.63) is 78.2 Å². The van der Waals surface area contributed by atoms with Crippen LogP contribution in [-0.2, 0) is 16.9 Å². The lowest BCUT2D eigenvalue weighted by Gasteiger charge is -2.29. The van der Waals surface area contributed by atoms with Crippen LogP contribution in [0.5, 0.6) is 0 Å². The molecule has 4 rings (SSSR count). The Labute approximate surface area is 169 Å². The number of amides is 3. The number of imide groups is 1. The van der Waals surface area contributed by atoms with Gasteiger partial charge in [-0.25, -0.2) is 9.78 Å². The smallest absolute Gasteiger partial charge is 0.325 e. The lowest BCUT2D eigenvalue weighted by molar-refractivity contribution is -0.132. The first-order chi connectivity index (χ1) is 14.0. The van der Waals surface area contributed by atoms with Crippen LogP contribution >= 0.6 is 0 Å². The third-order valence-electron chi connectivity index (χ3n) is 5.05. The molecule has 2 heterocycles. The lowest BCUT2D eigenvalue weighted by Crippen LogP contribution is -2.45. The summed E-state index contributed by atoms with van der Waals surface area (Å²) >= 11 is 0. The fourth-order valence-corrected chi connectivity index (χ4v) is 3.81. The van der Waals surface area contributed by atoms with Gasteiger partial charge in [0.15, 0.2) is 0 Å². The van der Waals surface area contributed by atoms with Gasteiger partial charge >= 0.3 is 6.03 Å². The minimum atomic E-state index is -1.06. The highest BCUT2D eigenvalue weighted by molar-refractivity contribution is 6.07. The lowest BCUT2D eigenvalue weighted by atomic mass is 9.82. The number of nitrogens with zero attached hydrogens (tertiary/aromatic N) is 2. The van der Waals surface area contributed by atoms with Crippen LogP contribution in [0.4, 0.5) is 4.79 Å². The Kier molecular flexibility index (Phi) is 4.92. The predicted octanol–water partition coefficient (Wildman–Crippen LogP) is 4.34. The number of benzene rings is 2. The Morgan fingerprint density at radius 2 is 1.69 bits per heavy atom. The van der Waals surface area contributed by atoms with Crippen molar-refractivity contribution >= 4 is 11.9 Å². The Hall–Kier alpha value is -3.41. The van der Waals surface area contributed by atoms with Crippen LogP contribution in [0.3, 0.4) is 0 Å². The second kappa shape index (κ2) is 7.54. The van der Waals surface area contributed by atoms with Crippen LogP contribution in [0.15, 0.2) is 71.3 Å². The normalized spacial score (nSPS) is 19.1. The molecule has 0 radical (unpaired) electrons. The van der Waals surface area contributed by atoms with Gasteiger partial charge in [-0.15, -0.1) is 0 Å². The fourth-order valence-electron chi connectivity index (χ4n) is 3.81. The summed E-state index contributed by atoms with van der Waals surface area (Å²) in [4.78, 5) is 31.9. The second-order valence-corrected chi connectivity index (χ2v) is 7.70. The van der Waals surface area contributed by atoms with E-state index in [2.05, 4.69) is 10.3 Å². The van der Waals surface area contributed by atoms with E-state index in [9.17, 15) is 9.59 Å². The van der Waals surface area contributed by atoms with Crippen molar-refractivity contribution < 1.29 is 14.0 Å². The van der Waals surface area contributed by atoms with Gasteiger partial charge in [0, 0.05) is 5.56 Å². The fraction of sp³-hybridized carbons (Fsp3) is 0.261. The maximum atomic E-state index is 13.4. The van der Waals surface area contributed by atoms with Crippen molar-refractivity contribution in [1.29, 1.82) is 0 Å². The van der Waals surface area contributed by atoms with Gasteiger partial charge in [-0.2, -0.15) is 0 Å². The molecule has 1 saturated heterocycles. The zero-order chi connectivity index (χ0) is 20.4. The zero-order valence-electron chi connectivity index (χ0n) is 16.5. The topological polar surface area (TPSA) is 75.4 Å². The monoisotopic (exact) mass is 389 g/mol. The number of urea groups is 1. The summed E-state index contributed by atoms with van der Waals surface area (Å²) in [6.07, 6.45) is 2.01. The molecule has 1 aliphatic heterocycles. The molecule has 0 aliphatic carbocycles. The van der Waals surface area contributed by atoms with Crippen molar-refractivity contribution in [3.63, 3.8) is 0 Å². The minimum absolute atomic E-state index is 0.0632. The van der Waals surface area contributed by atoms with Gasteiger partial charge in [0.2, 0.25) is 5.89 Å². The van der Waals surface area contributed by atoms with E-state index in [-0.39, 0.29) is 18.4 Å². The van der Waals surface area contributed by atoms with Crippen LogP contribution in [0, 0.1) is 5.92 Å². The highest BCUT2D eigenvalue weighted by Gasteiger charge is 2.52. The van der Waals surface area contributed by atoms with Crippen LogP contribution in [-0.4, -0.2) is 21.8 Å². The standard InChI is InChI=1S/C23H23N3O3/c1-16(2)13-23(18-11-7-4-8-12-18)21(27)26(22(28)25-23)14-19-15-29-20(24-19)17-9-5-3-6-10-17/h3-12,15-16H,13-14H2,1-2H3,(H,25,28). The van der Waals surface area contributed by atoms with Crippen molar-refractivity contribution in [2.45, 2.75) is 32.4 Å². The molecule has 1 fully saturated rings. The summed E-state index contributed by atoms with van der Waals surface area (Å²) < 4.78 is 5.55. The van der Waals surface area contributed by atoms with E-state index < -0.39 is 11.6 Å². The number of hydrogen-bond donors (Lipinski definition) is 1. The van der Waals surface area contributed by atoms with E-state index in [0.29, 0.717) is 18.0 Å². The third-order valence-corrected chi connectivity index (χ3v) is 5.05. The summed E-state index contributed by atoms with van der Waals surface area (Å²) in [5.74, 6) is 0.423. The van der Waals surface area contributed by atoms with E-state index in [1.807, 2.05) is 74.5 Å². The molecule has 1 atom stereocenters. The molecule has 2 aromatic carbocycles. The number of oxazole rings is 1. The first-order valence-corrected chi connectivity index (χ1v) is 9.69. The average Bonchev–Trinajstić information content (AvgIpc) is 3.28. The maximum absolute atomic E-state index is 13.4. The highest BCUT2D eigenvalue weighted by Crippen LogP contribution is 2.36. The molecule has 1 N–H and O–H groups in total. The van der Waals surface area contributed by atoms with E-state index in [4.69, 9.17) is 4.42 Å². The first kappa shape index (κ1) is 18.9. The summed E-state index contributed by atoms with van der Waals surface area (Å²) in [6, 6.07) is 18.5. The van der Waals surface area contributed by atoms with Gasteiger partial charge in [-0.05, 0) is 30.0 Å². The third kappa shape index (κ3) is 3.53. The molecule has 0 saturated carbocycles. The molecule has 0 spiro atoms. The molecule has 1 aromatic heterocycles. The first-order valence-electron chi connectivity index (χ1n) is 9.69. The molecular weight excluding hydrogens is 366 g/mol. The SMILES string of the molecule is CC(C)CC1(c2ccccc2)NC(=O)N(Cc2coc(-c3ccccc3)n2)C1=O. The predicted molar refractivity (Wildman–Crippen MR) is 109 cm³/mol. The van der Waals surface area contributed by atoms with E-state index in [1.165, 1.54) is 11.2 Å². The van der Waals surface area contributed by atoms with E-state index >= 15 is 0 Å². The van der Waals surface area contributed by atoms with Gasteiger partial charge in [0.05, 0.1) is 12.2 Å². The number of carbonyl (C=O) groups excluding carboxylic acids is 2. The molecule has 0 bridgehead atoms. The average molecular weight is 389 g/mol. The quantitative estimate of drug-likeness (QED) is 0.637. The van der Waals surface area contributed by atoms with Gasteiger partial charge in [0.1, 0.15) is 11.8 Å². The molecule has 3 aromatic rings. The minimum Gasteiger partial charge on any atom is -0.444 e. The van der Waals surface area contributed by atoms with Crippen molar-refractivity contribution in [3.8, 4) is 11.5 Å². The number of hydrogen-bond acceptors (Lipinski definition) is 4. The number of aromatic nitrogens is 1. The van der Waals surface area contributed by atoms with Crippen molar-refractivity contribution in [2.24, 2.45) is 5.92 Å². The molecule has 3 amide bonds. The number of carbonyl (C=O) groups is 2. The molecule has 29 heavy (non-hydrogen) atoms. The Bertz CT molecular complexity index is 1010. The second-order valence-electron chi connectivity index (χ2n) is 7.70. The van der Waals surface area contributed by atoms with Crippen LogP contribution in [0.2, 0.25) is 0 Å². The molecule has 1 aliphatic rings. The summed E-state index contributed by atoms with van der Waals surface area (Å²) in [6.45, 7) is 4.14. The molecule has 6 heteroatoms. The zero-order valence-corrected chi connectivity index (χ0v) is 16.5. The largest absolute Gasteiger partial charge is 0.444 e. The van der Waals surface area contributed by atoms with Crippen molar-refractivity contribution in [2.75, 3.05) is 0 Å². The van der Waals surface area contributed by atoms with E-state index in [0.717, 1.165) is 11.1 Å². The van der Waals surface area contributed by atoms with Gasteiger partial charge in [-0.1, -0.05) is 62.4 Å². The maximum Gasteiger partial charge on any atom is 0.325 e. The van der Waals surface area contributed by atoms with Gasteiger partial charge in [-0.3, -0.25) is 9.69 Å². The van der Waals surface area contributed by atoms with Crippen molar-refractivity contribution in [1.82, 2.24) is 15.2 Å². The highest BCUT2D eigenvalue weighted by atomic mass is 16.3. The van der Waals surface area contributed by atoms with Crippen LogP contribution in [0.25, 0.3) is 11.5 Å². The number of rotatable bonds is 6.